The lowest BCUT2D eigenvalue weighted by Gasteiger charge is -2.31. The summed E-state index contributed by atoms with van der Waals surface area (Å²) in [6.45, 7) is 6.58. The van der Waals surface area contributed by atoms with Gasteiger partial charge in [-0.25, -0.2) is 0 Å². The van der Waals surface area contributed by atoms with Crippen molar-refractivity contribution in [3.8, 4) is 0 Å². The van der Waals surface area contributed by atoms with Gasteiger partial charge in [0.15, 0.2) is 5.92 Å². The van der Waals surface area contributed by atoms with Gasteiger partial charge in [0, 0.05) is 0 Å². The summed E-state index contributed by atoms with van der Waals surface area (Å²) in [6.07, 6.45) is 22.1. The third kappa shape index (κ3) is 15.7. The van der Waals surface area contributed by atoms with Crippen LogP contribution in [0.5, 0.6) is 0 Å². The summed E-state index contributed by atoms with van der Waals surface area (Å²) in [7, 11) is 0. The van der Waals surface area contributed by atoms with E-state index in [4.69, 9.17) is 0 Å². The van der Waals surface area contributed by atoms with E-state index in [-0.39, 0.29) is 11.8 Å². The fraction of sp³-hybridized carbons (Fsp3) is 0.923. The fourth-order valence-corrected chi connectivity index (χ4v) is 4.47. The maximum absolute atomic E-state index is 11.4. The number of hydrogen-bond donors (Lipinski definition) is 2. The van der Waals surface area contributed by atoms with Crippen LogP contribution in [0.1, 0.15) is 143 Å². The van der Waals surface area contributed by atoms with Gasteiger partial charge in [0.1, 0.15) is 0 Å². The van der Waals surface area contributed by atoms with Crippen molar-refractivity contribution in [2.45, 2.75) is 143 Å². The van der Waals surface area contributed by atoms with Crippen LogP contribution in [0, 0.1) is 11.3 Å². The zero-order valence-electron chi connectivity index (χ0n) is 20.2. The molecule has 0 bridgehead atoms. The van der Waals surface area contributed by atoms with Crippen molar-refractivity contribution in [3.63, 3.8) is 0 Å². The van der Waals surface area contributed by atoms with Crippen molar-refractivity contribution in [2.75, 3.05) is 0 Å². The van der Waals surface area contributed by atoms with Crippen LogP contribution in [0.15, 0.2) is 0 Å². The Hall–Kier alpha value is -1.06. The number of carbonyl (C=O) groups is 2. The monoisotopic (exact) mass is 426 g/mol. The van der Waals surface area contributed by atoms with E-state index < -0.39 is 17.9 Å². The minimum absolute atomic E-state index is 0.189. The van der Waals surface area contributed by atoms with Crippen molar-refractivity contribution in [3.05, 3.63) is 0 Å². The standard InChI is InChI=1S/C26H50O4/c1-4-6-8-10-12-14-16-18-20-26(3,22-23(24(27)28)25(29)30)21-19-17-15-13-11-9-7-5-2/h23H,4-22H2,1-3H3,(H,27,28)(H,29,30). The molecule has 0 aliphatic rings. The molecule has 0 aliphatic heterocycles. The van der Waals surface area contributed by atoms with Crippen LogP contribution in [-0.2, 0) is 9.59 Å². The SMILES string of the molecule is CCCCCCCCCCC(C)(CCCCCCCCCC)CC(C(=O)O)C(=O)O. The molecule has 0 aromatic heterocycles. The van der Waals surface area contributed by atoms with Crippen molar-refractivity contribution in [1.82, 2.24) is 0 Å². The Kier molecular flexibility index (Phi) is 18.0. The second kappa shape index (κ2) is 18.7. The highest BCUT2D eigenvalue weighted by molar-refractivity contribution is 5.92. The Labute approximate surface area is 186 Å². The largest absolute Gasteiger partial charge is 0.481 e. The summed E-state index contributed by atoms with van der Waals surface area (Å²) in [5, 5.41) is 18.7. The second-order valence-corrected chi connectivity index (χ2v) is 9.69. The first kappa shape index (κ1) is 28.9. The maximum Gasteiger partial charge on any atom is 0.317 e. The summed E-state index contributed by atoms with van der Waals surface area (Å²) in [5.74, 6) is -3.67. The Morgan fingerprint density at radius 1 is 0.600 bits per heavy atom. The first-order valence-electron chi connectivity index (χ1n) is 12.8. The normalized spacial score (nSPS) is 11.9. The lowest BCUT2D eigenvalue weighted by atomic mass is 9.73. The van der Waals surface area contributed by atoms with E-state index in [1.807, 2.05) is 0 Å². The minimum Gasteiger partial charge on any atom is -0.481 e. The van der Waals surface area contributed by atoms with Gasteiger partial charge in [0.25, 0.3) is 0 Å². The van der Waals surface area contributed by atoms with Crippen molar-refractivity contribution in [2.24, 2.45) is 11.3 Å². The predicted molar refractivity (Wildman–Crippen MR) is 126 cm³/mol. The summed E-state index contributed by atoms with van der Waals surface area (Å²) < 4.78 is 0. The molecule has 0 aliphatic carbocycles. The molecule has 4 heteroatoms. The van der Waals surface area contributed by atoms with E-state index in [9.17, 15) is 19.8 Å². The van der Waals surface area contributed by atoms with Crippen molar-refractivity contribution < 1.29 is 19.8 Å². The van der Waals surface area contributed by atoms with Gasteiger partial charge in [-0.3, -0.25) is 9.59 Å². The lowest BCUT2D eigenvalue weighted by molar-refractivity contribution is -0.156. The van der Waals surface area contributed by atoms with E-state index in [0.717, 1.165) is 25.7 Å². The number of hydrogen-bond acceptors (Lipinski definition) is 2. The zero-order chi connectivity index (χ0) is 22.7. The van der Waals surface area contributed by atoms with Gasteiger partial charge in [-0.15, -0.1) is 0 Å². The topological polar surface area (TPSA) is 74.6 Å². The van der Waals surface area contributed by atoms with E-state index in [2.05, 4.69) is 20.8 Å². The van der Waals surface area contributed by atoms with E-state index in [1.165, 1.54) is 89.9 Å². The highest BCUT2D eigenvalue weighted by Crippen LogP contribution is 2.38. The van der Waals surface area contributed by atoms with Crippen LogP contribution >= 0.6 is 0 Å². The lowest BCUT2D eigenvalue weighted by Crippen LogP contribution is -2.31. The molecular weight excluding hydrogens is 376 g/mol. The van der Waals surface area contributed by atoms with Crippen LogP contribution in [-0.4, -0.2) is 22.2 Å². The first-order chi connectivity index (χ1) is 14.4. The van der Waals surface area contributed by atoms with Gasteiger partial charge >= 0.3 is 11.9 Å². The number of unbranched alkanes of at least 4 members (excludes halogenated alkanes) is 14. The van der Waals surface area contributed by atoms with Gasteiger partial charge in [0.05, 0.1) is 0 Å². The molecule has 0 aromatic carbocycles. The molecule has 178 valence electrons. The number of carboxylic acids is 2. The van der Waals surface area contributed by atoms with Gasteiger partial charge < -0.3 is 10.2 Å². The molecule has 4 nitrogen and oxygen atoms in total. The molecule has 2 N–H and O–H groups in total. The molecular formula is C26H50O4. The summed E-state index contributed by atoms with van der Waals surface area (Å²) in [5.41, 5.74) is -0.189. The van der Waals surface area contributed by atoms with E-state index in [1.54, 1.807) is 0 Å². The van der Waals surface area contributed by atoms with E-state index in [0.29, 0.717) is 0 Å². The molecule has 0 saturated carbocycles. The molecule has 0 unspecified atom stereocenters. The Balaban J connectivity index is 4.40. The molecule has 0 fully saturated rings. The summed E-state index contributed by atoms with van der Waals surface area (Å²) in [4.78, 5) is 22.9. The molecule has 0 aromatic rings. The number of rotatable bonds is 22. The Morgan fingerprint density at radius 3 is 1.20 bits per heavy atom. The summed E-state index contributed by atoms with van der Waals surface area (Å²) >= 11 is 0. The molecule has 0 rings (SSSR count). The summed E-state index contributed by atoms with van der Waals surface area (Å²) in [6, 6.07) is 0. The molecule has 30 heavy (non-hydrogen) atoms. The molecule has 0 heterocycles. The highest BCUT2D eigenvalue weighted by atomic mass is 16.4. The van der Waals surface area contributed by atoms with Crippen LogP contribution in [0.3, 0.4) is 0 Å². The molecule has 0 saturated heterocycles. The predicted octanol–water partition coefficient (Wildman–Crippen LogP) is 8.23. The molecule has 0 spiro atoms. The Bertz CT molecular complexity index is 399. The number of carboxylic acid groups (broad SMARTS) is 2. The van der Waals surface area contributed by atoms with Crippen molar-refractivity contribution >= 4 is 11.9 Å². The zero-order valence-corrected chi connectivity index (χ0v) is 20.2. The van der Waals surface area contributed by atoms with Gasteiger partial charge in [-0.2, -0.15) is 0 Å². The molecule has 0 atom stereocenters. The average Bonchev–Trinajstić information content (AvgIpc) is 2.70. The molecule has 0 radical (unpaired) electrons. The number of aliphatic carboxylic acids is 2. The highest BCUT2D eigenvalue weighted by Gasteiger charge is 2.35. The third-order valence-corrected chi connectivity index (χ3v) is 6.56. The van der Waals surface area contributed by atoms with Crippen LogP contribution in [0.2, 0.25) is 0 Å². The van der Waals surface area contributed by atoms with Gasteiger partial charge in [-0.05, 0) is 24.7 Å². The average molecular weight is 427 g/mol. The quantitative estimate of drug-likeness (QED) is 0.135. The first-order valence-corrected chi connectivity index (χ1v) is 12.8. The fourth-order valence-electron chi connectivity index (χ4n) is 4.47. The Morgan fingerprint density at radius 2 is 0.900 bits per heavy atom. The molecule has 0 amide bonds. The third-order valence-electron chi connectivity index (χ3n) is 6.56. The second-order valence-electron chi connectivity index (χ2n) is 9.69. The van der Waals surface area contributed by atoms with Gasteiger partial charge in [0.2, 0.25) is 0 Å². The maximum atomic E-state index is 11.4. The van der Waals surface area contributed by atoms with Crippen LogP contribution in [0.4, 0.5) is 0 Å². The van der Waals surface area contributed by atoms with Crippen LogP contribution < -0.4 is 0 Å². The van der Waals surface area contributed by atoms with Gasteiger partial charge in [-0.1, -0.05) is 124 Å². The van der Waals surface area contributed by atoms with E-state index >= 15 is 0 Å². The minimum atomic E-state index is -1.28. The smallest absolute Gasteiger partial charge is 0.317 e. The van der Waals surface area contributed by atoms with Crippen molar-refractivity contribution in [1.29, 1.82) is 0 Å². The van der Waals surface area contributed by atoms with Crippen LogP contribution in [0.25, 0.3) is 0 Å².